The molecule has 8 heteroatoms. The average molecular weight is 370 g/mol. The molecule has 0 saturated carbocycles. The molecule has 0 bridgehead atoms. The van der Waals surface area contributed by atoms with Gasteiger partial charge in [-0.05, 0) is 6.07 Å². The average Bonchev–Trinajstić information content (AvgIpc) is 2.73. The Hall–Kier alpha value is -3.00. The summed E-state index contributed by atoms with van der Waals surface area (Å²) in [6.45, 7) is 1.86. The van der Waals surface area contributed by atoms with Crippen LogP contribution in [-0.2, 0) is 19.1 Å². The molecule has 0 radical (unpaired) electrons. The Balaban J connectivity index is 1.71. The minimum atomic E-state index is -0.984. The van der Waals surface area contributed by atoms with Crippen molar-refractivity contribution in [2.75, 3.05) is 44.8 Å². The first-order valence-electron chi connectivity index (χ1n) is 8.74. The van der Waals surface area contributed by atoms with E-state index >= 15 is 0 Å². The summed E-state index contributed by atoms with van der Waals surface area (Å²) in [5.41, 5.74) is 0.640. The number of morpholine rings is 1. The van der Waals surface area contributed by atoms with Crippen LogP contribution in [0.25, 0.3) is 0 Å². The van der Waals surface area contributed by atoms with Crippen LogP contribution in [0.5, 0.6) is 0 Å². The lowest BCUT2D eigenvalue weighted by Crippen LogP contribution is -2.44. The fourth-order valence-corrected chi connectivity index (χ4v) is 2.76. The number of aromatic nitrogens is 2. The molecule has 8 nitrogen and oxygen atoms in total. The Bertz CT molecular complexity index is 751. The number of hydrogen-bond donors (Lipinski definition) is 0. The topological polar surface area (TPSA) is 84.9 Å². The molecular formula is C19H22N4O4. The molecule has 2 aromatic rings. The van der Waals surface area contributed by atoms with Crippen LogP contribution in [-0.4, -0.2) is 66.6 Å². The number of rotatable bonds is 6. The van der Waals surface area contributed by atoms with Gasteiger partial charge in [-0.2, -0.15) is 0 Å². The van der Waals surface area contributed by atoms with E-state index in [1.165, 1.54) is 0 Å². The first-order valence-corrected chi connectivity index (χ1v) is 8.74. The highest BCUT2D eigenvalue weighted by atomic mass is 16.5. The van der Waals surface area contributed by atoms with Crippen LogP contribution in [0, 0.1) is 0 Å². The zero-order valence-corrected chi connectivity index (χ0v) is 15.2. The largest absolute Gasteiger partial charge is 0.446 e. The molecule has 1 unspecified atom stereocenters. The molecule has 1 fully saturated rings. The van der Waals surface area contributed by atoms with Gasteiger partial charge in [-0.15, -0.1) is 0 Å². The van der Waals surface area contributed by atoms with Gasteiger partial charge in [0.25, 0.3) is 5.91 Å². The van der Waals surface area contributed by atoms with Gasteiger partial charge in [-0.1, -0.05) is 30.3 Å². The molecule has 27 heavy (non-hydrogen) atoms. The fraction of sp³-hybridized carbons (Fsp3) is 0.368. The van der Waals surface area contributed by atoms with E-state index in [1.807, 2.05) is 18.2 Å². The molecule has 0 N–H and O–H groups in total. The number of carbonyl (C=O) groups excluding carboxylic acids is 2. The fourth-order valence-electron chi connectivity index (χ4n) is 2.76. The van der Waals surface area contributed by atoms with Crippen molar-refractivity contribution >= 4 is 17.8 Å². The highest BCUT2D eigenvalue weighted by Crippen LogP contribution is 2.21. The standard InChI is InChI=1S/C19H22N4O4/c1-22(19-20-8-5-9-21-19)14-16(24)27-17(15-6-3-2-4-7-15)18(25)23-10-12-26-13-11-23/h2-9,17H,10-14H2,1H3. The van der Waals surface area contributed by atoms with Crippen LogP contribution in [0.3, 0.4) is 0 Å². The van der Waals surface area contributed by atoms with Gasteiger partial charge in [0.2, 0.25) is 12.1 Å². The third-order valence-electron chi connectivity index (χ3n) is 4.16. The van der Waals surface area contributed by atoms with Crippen LogP contribution in [0.1, 0.15) is 11.7 Å². The number of ether oxygens (including phenoxy) is 2. The van der Waals surface area contributed by atoms with E-state index < -0.39 is 12.1 Å². The number of likely N-dealkylation sites (N-methyl/N-ethyl adjacent to an activating group) is 1. The molecular weight excluding hydrogens is 348 g/mol. The second kappa shape index (κ2) is 9.09. The molecule has 1 aromatic heterocycles. The molecule has 142 valence electrons. The van der Waals surface area contributed by atoms with Gasteiger partial charge >= 0.3 is 5.97 Å². The van der Waals surface area contributed by atoms with E-state index in [0.717, 1.165) is 0 Å². The summed E-state index contributed by atoms with van der Waals surface area (Å²) in [5, 5.41) is 0. The summed E-state index contributed by atoms with van der Waals surface area (Å²) in [5.74, 6) is -0.359. The van der Waals surface area contributed by atoms with Gasteiger partial charge in [0.05, 0.1) is 13.2 Å². The molecule has 1 aromatic carbocycles. The van der Waals surface area contributed by atoms with E-state index in [2.05, 4.69) is 9.97 Å². The maximum absolute atomic E-state index is 12.9. The third-order valence-corrected chi connectivity index (χ3v) is 4.16. The molecule has 3 rings (SSSR count). The predicted octanol–water partition coefficient (Wildman–Crippen LogP) is 1.06. The number of benzene rings is 1. The lowest BCUT2D eigenvalue weighted by atomic mass is 10.1. The van der Waals surface area contributed by atoms with E-state index in [1.54, 1.807) is 47.4 Å². The highest BCUT2D eigenvalue weighted by molar-refractivity contribution is 5.86. The van der Waals surface area contributed by atoms with Gasteiger partial charge in [-0.25, -0.2) is 9.97 Å². The maximum Gasteiger partial charge on any atom is 0.326 e. The van der Waals surface area contributed by atoms with Crippen molar-refractivity contribution in [3.63, 3.8) is 0 Å². The number of carbonyl (C=O) groups is 2. The van der Waals surface area contributed by atoms with Gasteiger partial charge < -0.3 is 19.3 Å². The highest BCUT2D eigenvalue weighted by Gasteiger charge is 2.30. The van der Waals surface area contributed by atoms with E-state index in [-0.39, 0.29) is 12.5 Å². The summed E-state index contributed by atoms with van der Waals surface area (Å²) in [7, 11) is 1.69. The molecule has 1 atom stereocenters. The predicted molar refractivity (Wildman–Crippen MR) is 98.0 cm³/mol. The minimum absolute atomic E-state index is 0.0657. The van der Waals surface area contributed by atoms with Gasteiger partial charge in [0, 0.05) is 38.1 Å². The smallest absolute Gasteiger partial charge is 0.326 e. The SMILES string of the molecule is CN(CC(=O)OC(C(=O)N1CCOCC1)c1ccccc1)c1ncccn1. The number of esters is 1. The second-order valence-electron chi connectivity index (χ2n) is 6.12. The number of nitrogens with zero attached hydrogens (tertiary/aromatic N) is 4. The van der Waals surface area contributed by atoms with Gasteiger partial charge in [-0.3, -0.25) is 9.59 Å². The quantitative estimate of drug-likeness (QED) is 0.703. The van der Waals surface area contributed by atoms with Crippen LogP contribution >= 0.6 is 0 Å². The lowest BCUT2D eigenvalue weighted by Gasteiger charge is -2.30. The Morgan fingerprint density at radius 3 is 2.48 bits per heavy atom. The van der Waals surface area contributed by atoms with Crippen molar-refractivity contribution in [3.05, 3.63) is 54.4 Å². The minimum Gasteiger partial charge on any atom is -0.446 e. The van der Waals surface area contributed by atoms with E-state index in [4.69, 9.17) is 9.47 Å². The molecule has 0 spiro atoms. The Morgan fingerprint density at radius 1 is 1.15 bits per heavy atom. The first-order chi connectivity index (χ1) is 13.1. The Kier molecular flexibility index (Phi) is 6.32. The first kappa shape index (κ1) is 18.8. The molecule has 0 aliphatic carbocycles. The molecule has 1 saturated heterocycles. The van der Waals surface area contributed by atoms with Crippen LogP contribution in [0.4, 0.5) is 5.95 Å². The summed E-state index contributed by atoms with van der Waals surface area (Å²) in [6.07, 6.45) is 2.21. The Morgan fingerprint density at radius 2 is 1.81 bits per heavy atom. The third kappa shape index (κ3) is 5.01. The zero-order valence-electron chi connectivity index (χ0n) is 15.2. The van der Waals surface area contributed by atoms with Crippen molar-refractivity contribution in [3.8, 4) is 0 Å². The van der Waals surface area contributed by atoms with Gasteiger partial charge in [0.1, 0.15) is 6.54 Å². The summed E-state index contributed by atoms with van der Waals surface area (Å²) < 4.78 is 10.9. The van der Waals surface area contributed by atoms with E-state index in [9.17, 15) is 9.59 Å². The van der Waals surface area contributed by atoms with Crippen molar-refractivity contribution in [1.82, 2.24) is 14.9 Å². The Labute approximate surface area is 157 Å². The monoisotopic (exact) mass is 370 g/mol. The molecule has 2 heterocycles. The van der Waals surface area contributed by atoms with Gasteiger partial charge in [0.15, 0.2) is 0 Å². The lowest BCUT2D eigenvalue weighted by molar-refractivity contribution is -0.161. The van der Waals surface area contributed by atoms with Crippen molar-refractivity contribution in [2.45, 2.75) is 6.10 Å². The number of anilines is 1. The van der Waals surface area contributed by atoms with Crippen LogP contribution in [0.15, 0.2) is 48.8 Å². The molecule has 1 amide bonds. The number of hydrogen-bond acceptors (Lipinski definition) is 7. The molecule has 1 aliphatic rings. The maximum atomic E-state index is 12.9. The summed E-state index contributed by atoms with van der Waals surface area (Å²) >= 11 is 0. The van der Waals surface area contributed by atoms with Crippen molar-refractivity contribution in [1.29, 1.82) is 0 Å². The van der Waals surface area contributed by atoms with Crippen molar-refractivity contribution in [2.24, 2.45) is 0 Å². The van der Waals surface area contributed by atoms with Crippen LogP contribution in [0.2, 0.25) is 0 Å². The summed E-state index contributed by atoms with van der Waals surface area (Å²) in [4.78, 5) is 36.9. The number of amides is 1. The normalized spacial score (nSPS) is 15.1. The second-order valence-corrected chi connectivity index (χ2v) is 6.12. The van der Waals surface area contributed by atoms with Crippen molar-refractivity contribution < 1.29 is 19.1 Å². The summed E-state index contributed by atoms with van der Waals surface area (Å²) in [6, 6.07) is 10.7. The van der Waals surface area contributed by atoms with Crippen LogP contribution < -0.4 is 4.90 Å². The molecule has 1 aliphatic heterocycles. The van der Waals surface area contributed by atoms with E-state index in [0.29, 0.717) is 37.8 Å². The zero-order chi connectivity index (χ0) is 19.1.